The Morgan fingerprint density at radius 3 is 2.86 bits per heavy atom. The summed E-state index contributed by atoms with van der Waals surface area (Å²) in [5.74, 6) is -0.124. The normalized spacial score (nSPS) is 17.4. The van der Waals surface area contributed by atoms with Crippen molar-refractivity contribution in [3.63, 3.8) is 0 Å². The largest absolute Gasteiger partial charge is 0.478 e. The molecule has 1 aliphatic heterocycles. The molecule has 0 aliphatic carbocycles. The molecule has 0 unspecified atom stereocenters. The van der Waals surface area contributed by atoms with Crippen LogP contribution in [0.2, 0.25) is 0 Å². The van der Waals surface area contributed by atoms with Crippen LogP contribution in [0, 0.1) is 5.92 Å². The lowest BCUT2D eigenvalue weighted by molar-refractivity contribution is 0.0697. The molecular weight excluding hydrogens is 266 g/mol. The summed E-state index contributed by atoms with van der Waals surface area (Å²) in [4.78, 5) is 17.8. The molecule has 1 aromatic heterocycles. The molecule has 0 atom stereocenters. The fourth-order valence-corrected chi connectivity index (χ4v) is 3.04. The van der Waals surface area contributed by atoms with Crippen LogP contribution < -0.4 is 0 Å². The van der Waals surface area contributed by atoms with E-state index in [9.17, 15) is 4.79 Å². The zero-order valence-electron chi connectivity index (χ0n) is 12.3. The monoisotopic (exact) mass is 287 g/mol. The highest BCUT2D eigenvalue weighted by Gasteiger charge is 2.17. The van der Waals surface area contributed by atoms with Crippen LogP contribution in [-0.4, -0.2) is 45.7 Å². The maximum atomic E-state index is 11.1. The van der Waals surface area contributed by atoms with Crippen molar-refractivity contribution in [3.05, 3.63) is 30.1 Å². The molecular formula is C16H21N3O2. The number of carbonyl (C=O) groups is 1. The van der Waals surface area contributed by atoms with Gasteiger partial charge in [-0.2, -0.15) is 0 Å². The molecule has 5 heteroatoms. The second-order valence-corrected chi connectivity index (χ2v) is 5.98. The number of carboxylic acid groups (broad SMARTS) is 1. The van der Waals surface area contributed by atoms with Gasteiger partial charge in [-0.15, -0.1) is 0 Å². The number of rotatable bonds is 4. The van der Waals surface area contributed by atoms with Crippen molar-refractivity contribution < 1.29 is 9.90 Å². The van der Waals surface area contributed by atoms with Crippen molar-refractivity contribution in [2.75, 3.05) is 20.1 Å². The molecule has 2 heterocycles. The summed E-state index contributed by atoms with van der Waals surface area (Å²) in [6.45, 7) is 3.27. The number of hydrogen-bond donors (Lipinski definition) is 1. The zero-order chi connectivity index (χ0) is 14.8. The minimum atomic E-state index is -0.889. The molecule has 1 fully saturated rings. The van der Waals surface area contributed by atoms with Crippen molar-refractivity contribution in [1.29, 1.82) is 0 Å². The summed E-state index contributed by atoms with van der Waals surface area (Å²) in [5, 5.41) is 9.10. The topological polar surface area (TPSA) is 58.4 Å². The number of aromatic carboxylic acids is 1. The third kappa shape index (κ3) is 3.08. The fraction of sp³-hybridized carbons (Fsp3) is 0.500. The summed E-state index contributed by atoms with van der Waals surface area (Å²) in [6, 6.07) is 5.11. The molecule has 0 bridgehead atoms. The van der Waals surface area contributed by atoms with Gasteiger partial charge in [-0.05, 0) is 63.5 Å². The van der Waals surface area contributed by atoms with Crippen LogP contribution in [-0.2, 0) is 6.54 Å². The Bertz CT molecular complexity index is 642. The van der Waals surface area contributed by atoms with E-state index in [0.717, 1.165) is 29.9 Å². The quantitative estimate of drug-likeness (QED) is 0.938. The molecule has 1 aliphatic rings. The average Bonchev–Trinajstić information content (AvgIpc) is 2.89. The van der Waals surface area contributed by atoms with Crippen LogP contribution in [0.25, 0.3) is 11.0 Å². The number of hydrogen-bond acceptors (Lipinski definition) is 3. The van der Waals surface area contributed by atoms with E-state index in [1.807, 2.05) is 6.33 Å². The molecule has 0 spiro atoms. The molecule has 1 saturated heterocycles. The molecule has 1 N–H and O–H groups in total. The molecule has 0 amide bonds. The lowest BCUT2D eigenvalue weighted by Gasteiger charge is -2.28. The van der Waals surface area contributed by atoms with Crippen LogP contribution >= 0.6 is 0 Å². The van der Waals surface area contributed by atoms with E-state index in [2.05, 4.69) is 21.5 Å². The number of aromatic nitrogens is 2. The van der Waals surface area contributed by atoms with Crippen molar-refractivity contribution in [3.8, 4) is 0 Å². The summed E-state index contributed by atoms with van der Waals surface area (Å²) in [7, 11) is 2.17. The lowest BCUT2D eigenvalue weighted by atomic mass is 9.94. The molecule has 0 saturated carbocycles. The molecule has 0 radical (unpaired) electrons. The minimum Gasteiger partial charge on any atom is -0.478 e. The van der Waals surface area contributed by atoms with Gasteiger partial charge >= 0.3 is 5.97 Å². The predicted molar refractivity (Wildman–Crippen MR) is 81.5 cm³/mol. The second-order valence-electron chi connectivity index (χ2n) is 5.98. The fourth-order valence-electron chi connectivity index (χ4n) is 3.04. The van der Waals surface area contributed by atoms with Gasteiger partial charge in [0.2, 0.25) is 0 Å². The van der Waals surface area contributed by atoms with Gasteiger partial charge in [0.05, 0.1) is 22.9 Å². The highest BCUT2D eigenvalue weighted by atomic mass is 16.4. The summed E-state index contributed by atoms with van der Waals surface area (Å²) >= 11 is 0. The molecule has 3 rings (SSSR count). The SMILES string of the molecule is CN1CCC(CCn2cnc3ccc(C(=O)O)cc32)CC1. The van der Waals surface area contributed by atoms with Crippen molar-refractivity contribution in [2.45, 2.75) is 25.8 Å². The number of piperidine rings is 1. The van der Waals surface area contributed by atoms with Crippen LogP contribution in [0.15, 0.2) is 24.5 Å². The van der Waals surface area contributed by atoms with E-state index < -0.39 is 5.97 Å². The Kier molecular flexibility index (Phi) is 3.92. The smallest absolute Gasteiger partial charge is 0.335 e. The lowest BCUT2D eigenvalue weighted by Crippen LogP contribution is -2.30. The summed E-state index contributed by atoms with van der Waals surface area (Å²) in [5.41, 5.74) is 2.11. The van der Waals surface area contributed by atoms with E-state index in [1.54, 1.807) is 18.2 Å². The van der Waals surface area contributed by atoms with Gasteiger partial charge in [-0.1, -0.05) is 0 Å². The van der Waals surface area contributed by atoms with Crippen molar-refractivity contribution >= 4 is 17.0 Å². The highest BCUT2D eigenvalue weighted by molar-refractivity contribution is 5.92. The van der Waals surface area contributed by atoms with Crippen molar-refractivity contribution in [2.24, 2.45) is 5.92 Å². The molecule has 5 nitrogen and oxygen atoms in total. The number of imidazole rings is 1. The van der Waals surface area contributed by atoms with E-state index in [0.29, 0.717) is 5.56 Å². The van der Waals surface area contributed by atoms with Crippen LogP contribution in [0.3, 0.4) is 0 Å². The average molecular weight is 287 g/mol. The second kappa shape index (κ2) is 5.85. The molecule has 2 aromatic rings. The Balaban J connectivity index is 1.71. The first-order valence-corrected chi connectivity index (χ1v) is 7.50. The van der Waals surface area contributed by atoms with Crippen molar-refractivity contribution in [1.82, 2.24) is 14.5 Å². The highest BCUT2D eigenvalue weighted by Crippen LogP contribution is 2.22. The third-order valence-electron chi connectivity index (χ3n) is 4.48. The Morgan fingerprint density at radius 2 is 2.14 bits per heavy atom. The van der Waals surface area contributed by atoms with E-state index >= 15 is 0 Å². The summed E-state index contributed by atoms with van der Waals surface area (Å²) in [6.07, 6.45) is 5.47. The van der Waals surface area contributed by atoms with Crippen LogP contribution in [0.5, 0.6) is 0 Å². The van der Waals surface area contributed by atoms with Gasteiger partial charge in [0.1, 0.15) is 0 Å². The van der Waals surface area contributed by atoms with Gasteiger partial charge in [-0.3, -0.25) is 0 Å². The van der Waals surface area contributed by atoms with E-state index in [4.69, 9.17) is 5.11 Å². The predicted octanol–water partition coefficient (Wildman–Crippen LogP) is 2.47. The Labute approximate surface area is 124 Å². The maximum absolute atomic E-state index is 11.1. The minimum absolute atomic E-state index is 0.323. The first-order valence-electron chi connectivity index (χ1n) is 7.50. The van der Waals surface area contributed by atoms with E-state index in [1.165, 1.54) is 25.9 Å². The van der Waals surface area contributed by atoms with E-state index in [-0.39, 0.29) is 0 Å². The van der Waals surface area contributed by atoms with Gasteiger partial charge < -0.3 is 14.6 Å². The number of carboxylic acids is 1. The standard InChI is InChI=1S/C16H21N3O2/c1-18-7-4-12(5-8-18)6-9-19-11-17-14-3-2-13(16(20)21)10-15(14)19/h2-3,10-12H,4-9H2,1H3,(H,20,21). The molecule has 1 aromatic carbocycles. The van der Waals surface area contributed by atoms with Gasteiger partial charge in [0.25, 0.3) is 0 Å². The number of aryl methyl sites for hydroxylation is 1. The zero-order valence-corrected chi connectivity index (χ0v) is 12.3. The first-order chi connectivity index (χ1) is 10.1. The number of fused-ring (bicyclic) bond motifs is 1. The molecule has 21 heavy (non-hydrogen) atoms. The van der Waals surface area contributed by atoms with Gasteiger partial charge in [0, 0.05) is 6.54 Å². The van der Waals surface area contributed by atoms with Crippen LogP contribution in [0.4, 0.5) is 0 Å². The number of nitrogens with zero attached hydrogens (tertiary/aromatic N) is 3. The third-order valence-corrected chi connectivity index (χ3v) is 4.48. The van der Waals surface area contributed by atoms with Gasteiger partial charge in [0.15, 0.2) is 0 Å². The number of benzene rings is 1. The summed E-state index contributed by atoms with van der Waals surface area (Å²) < 4.78 is 2.08. The molecule has 112 valence electrons. The Hall–Kier alpha value is -1.88. The van der Waals surface area contributed by atoms with Crippen LogP contribution in [0.1, 0.15) is 29.6 Å². The Morgan fingerprint density at radius 1 is 1.38 bits per heavy atom. The first kappa shape index (κ1) is 14.1. The maximum Gasteiger partial charge on any atom is 0.335 e. The van der Waals surface area contributed by atoms with Gasteiger partial charge in [-0.25, -0.2) is 9.78 Å². The number of likely N-dealkylation sites (tertiary alicyclic amines) is 1.